The van der Waals surface area contributed by atoms with Crippen molar-refractivity contribution in [2.24, 2.45) is 0 Å². The number of terminal acetylenes is 1. The summed E-state index contributed by atoms with van der Waals surface area (Å²) >= 11 is 0. The zero-order chi connectivity index (χ0) is 13.8. The van der Waals surface area contributed by atoms with E-state index in [1.54, 1.807) is 24.3 Å². The summed E-state index contributed by atoms with van der Waals surface area (Å²) < 4.78 is 4.49. The number of ether oxygens (including phenoxy) is 1. The first kappa shape index (κ1) is 16.4. The van der Waals surface area contributed by atoms with Crippen molar-refractivity contribution in [1.82, 2.24) is 0 Å². The number of rotatable bonds is 8. The van der Waals surface area contributed by atoms with Gasteiger partial charge in [-0.15, -0.1) is 12.3 Å². The standard InChI is InChI=1S/C14H20O4/c1-3-7-12(15)8-4-5-9-13(16)10-6-11-14(17)18-2/h1,4-5,8-9,12-13,15-16H,6-7,10-11H2,2H3/b8-4+,9-5+/t12?,13-/m1/s1. The molecule has 0 aromatic carbocycles. The lowest BCUT2D eigenvalue weighted by atomic mass is 10.1. The zero-order valence-electron chi connectivity index (χ0n) is 10.6. The van der Waals surface area contributed by atoms with Crippen molar-refractivity contribution in [2.75, 3.05) is 7.11 Å². The van der Waals surface area contributed by atoms with E-state index in [-0.39, 0.29) is 12.4 Å². The monoisotopic (exact) mass is 252 g/mol. The van der Waals surface area contributed by atoms with Crippen LogP contribution in [-0.2, 0) is 9.53 Å². The summed E-state index contributed by atoms with van der Waals surface area (Å²) in [5.41, 5.74) is 0. The fourth-order valence-electron chi connectivity index (χ4n) is 1.23. The molecule has 0 aromatic rings. The Labute approximate surface area is 108 Å². The molecule has 2 N–H and O–H groups in total. The van der Waals surface area contributed by atoms with E-state index in [1.165, 1.54) is 7.11 Å². The van der Waals surface area contributed by atoms with Crippen LogP contribution in [0.4, 0.5) is 0 Å². The van der Waals surface area contributed by atoms with Crippen molar-refractivity contribution >= 4 is 5.97 Å². The first-order valence-corrected chi connectivity index (χ1v) is 5.81. The second kappa shape index (κ2) is 10.6. The van der Waals surface area contributed by atoms with Crippen molar-refractivity contribution in [3.63, 3.8) is 0 Å². The van der Waals surface area contributed by atoms with E-state index in [0.717, 1.165) is 0 Å². The van der Waals surface area contributed by atoms with Crippen LogP contribution in [0.25, 0.3) is 0 Å². The normalized spacial score (nSPS) is 14.6. The summed E-state index contributed by atoms with van der Waals surface area (Å²) in [6, 6.07) is 0. The second-order valence-electron chi connectivity index (χ2n) is 3.78. The minimum absolute atomic E-state index is 0.270. The summed E-state index contributed by atoms with van der Waals surface area (Å²) in [4.78, 5) is 10.8. The smallest absolute Gasteiger partial charge is 0.305 e. The van der Waals surface area contributed by atoms with E-state index in [4.69, 9.17) is 6.42 Å². The molecule has 4 nitrogen and oxygen atoms in total. The predicted octanol–water partition coefficient (Wildman–Crippen LogP) is 1.19. The molecule has 0 radical (unpaired) electrons. The molecule has 100 valence electrons. The maximum Gasteiger partial charge on any atom is 0.305 e. The van der Waals surface area contributed by atoms with Gasteiger partial charge in [-0.25, -0.2) is 0 Å². The van der Waals surface area contributed by atoms with Gasteiger partial charge < -0.3 is 14.9 Å². The first-order chi connectivity index (χ1) is 8.60. The van der Waals surface area contributed by atoms with Gasteiger partial charge in [0.2, 0.25) is 0 Å². The van der Waals surface area contributed by atoms with Crippen LogP contribution in [0.15, 0.2) is 24.3 Å². The van der Waals surface area contributed by atoms with Crippen LogP contribution in [0.1, 0.15) is 25.7 Å². The number of methoxy groups -OCH3 is 1. The molecule has 4 heteroatoms. The molecule has 0 saturated carbocycles. The van der Waals surface area contributed by atoms with Gasteiger partial charge in [0.05, 0.1) is 19.3 Å². The van der Waals surface area contributed by atoms with Crippen molar-refractivity contribution in [3.8, 4) is 12.3 Å². The molecule has 0 saturated heterocycles. The number of allylic oxidation sites excluding steroid dienone is 2. The van der Waals surface area contributed by atoms with E-state index in [1.807, 2.05) is 0 Å². The Morgan fingerprint density at radius 3 is 2.50 bits per heavy atom. The Hall–Kier alpha value is -1.57. The van der Waals surface area contributed by atoms with Crippen LogP contribution in [0.5, 0.6) is 0 Å². The fourth-order valence-corrected chi connectivity index (χ4v) is 1.23. The predicted molar refractivity (Wildman–Crippen MR) is 69.6 cm³/mol. The number of aliphatic hydroxyl groups is 2. The van der Waals surface area contributed by atoms with Gasteiger partial charge in [-0.05, 0) is 12.8 Å². The van der Waals surface area contributed by atoms with Crippen LogP contribution in [0.3, 0.4) is 0 Å². The summed E-state index contributed by atoms with van der Waals surface area (Å²) in [5.74, 6) is 2.07. The third kappa shape index (κ3) is 9.64. The maximum atomic E-state index is 10.8. The average molecular weight is 252 g/mol. The van der Waals surface area contributed by atoms with Crippen LogP contribution in [0.2, 0.25) is 0 Å². The van der Waals surface area contributed by atoms with Crippen LogP contribution >= 0.6 is 0 Å². The topological polar surface area (TPSA) is 66.8 Å². The van der Waals surface area contributed by atoms with Crippen molar-refractivity contribution in [3.05, 3.63) is 24.3 Å². The molecule has 0 aromatic heterocycles. The highest BCUT2D eigenvalue weighted by molar-refractivity contribution is 5.68. The third-order valence-corrected chi connectivity index (χ3v) is 2.21. The maximum absolute atomic E-state index is 10.8. The molecule has 0 rings (SSSR count). The Morgan fingerprint density at radius 1 is 1.33 bits per heavy atom. The summed E-state index contributed by atoms with van der Waals surface area (Å²) in [5, 5.41) is 18.8. The fraction of sp³-hybridized carbons (Fsp3) is 0.500. The SMILES string of the molecule is C#CCC(O)/C=C/C=C/[C@@H](O)CCCC(=O)OC. The lowest BCUT2D eigenvalue weighted by Gasteiger charge is -2.03. The Kier molecular flexibility index (Phi) is 9.65. The molecule has 0 aliphatic rings. The summed E-state index contributed by atoms with van der Waals surface area (Å²) in [6.07, 6.45) is 11.8. The molecular formula is C14H20O4. The minimum atomic E-state index is -0.656. The van der Waals surface area contributed by atoms with Crippen LogP contribution in [-0.4, -0.2) is 35.5 Å². The Balaban J connectivity index is 3.77. The van der Waals surface area contributed by atoms with Gasteiger partial charge in [-0.1, -0.05) is 24.3 Å². The number of carbonyl (C=O) groups excluding carboxylic acids is 1. The molecule has 0 spiro atoms. The van der Waals surface area contributed by atoms with Gasteiger partial charge in [-0.2, -0.15) is 0 Å². The largest absolute Gasteiger partial charge is 0.469 e. The first-order valence-electron chi connectivity index (χ1n) is 5.81. The van der Waals surface area contributed by atoms with E-state index >= 15 is 0 Å². The van der Waals surface area contributed by atoms with Crippen molar-refractivity contribution < 1.29 is 19.7 Å². The molecule has 0 aliphatic carbocycles. The average Bonchev–Trinajstić information content (AvgIpc) is 2.34. The molecule has 1 unspecified atom stereocenters. The molecule has 0 amide bonds. The highest BCUT2D eigenvalue weighted by Crippen LogP contribution is 2.03. The number of carbonyl (C=O) groups is 1. The highest BCUT2D eigenvalue weighted by atomic mass is 16.5. The van der Waals surface area contributed by atoms with Crippen molar-refractivity contribution in [1.29, 1.82) is 0 Å². The van der Waals surface area contributed by atoms with Gasteiger partial charge in [0, 0.05) is 12.8 Å². The third-order valence-electron chi connectivity index (χ3n) is 2.21. The number of aliphatic hydroxyl groups excluding tert-OH is 2. The minimum Gasteiger partial charge on any atom is -0.469 e. The molecule has 0 aliphatic heterocycles. The van der Waals surface area contributed by atoms with E-state index in [2.05, 4.69) is 10.7 Å². The lowest BCUT2D eigenvalue weighted by molar-refractivity contribution is -0.140. The lowest BCUT2D eigenvalue weighted by Crippen LogP contribution is -2.05. The van der Waals surface area contributed by atoms with Gasteiger partial charge in [0.25, 0.3) is 0 Å². The van der Waals surface area contributed by atoms with Gasteiger partial charge in [-0.3, -0.25) is 4.79 Å². The van der Waals surface area contributed by atoms with E-state index < -0.39 is 12.2 Å². The van der Waals surface area contributed by atoms with E-state index in [9.17, 15) is 15.0 Å². The summed E-state index contributed by atoms with van der Waals surface area (Å²) in [7, 11) is 1.34. The molecule has 0 fully saturated rings. The number of esters is 1. The molecule has 18 heavy (non-hydrogen) atoms. The van der Waals surface area contributed by atoms with Crippen LogP contribution in [0, 0.1) is 12.3 Å². The van der Waals surface area contributed by atoms with Crippen LogP contribution < -0.4 is 0 Å². The van der Waals surface area contributed by atoms with Crippen molar-refractivity contribution in [2.45, 2.75) is 37.9 Å². The molecule has 0 heterocycles. The van der Waals surface area contributed by atoms with Gasteiger partial charge >= 0.3 is 5.97 Å². The molecular weight excluding hydrogens is 232 g/mol. The van der Waals surface area contributed by atoms with Gasteiger partial charge in [0.15, 0.2) is 0 Å². The second-order valence-corrected chi connectivity index (χ2v) is 3.78. The van der Waals surface area contributed by atoms with E-state index in [0.29, 0.717) is 19.3 Å². The quantitative estimate of drug-likeness (QED) is 0.387. The number of hydrogen-bond donors (Lipinski definition) is 2. The molecule has 2 atom stereocenters. The molecule has 0 bridgehead atoms. The Morgan fingerprint density at radius 2 is 1.94 bits per heavy atom. The number of hydrogen-bond acceptors (Lipinski definition) is 4. The Bertz CT molecular complexity index is 325. The van der Waals surface area contributed by atoms with Gasteiger partial charge in [0.1, 0.15) is 0 Å². The highest BCUT2D eigenvalue weighted by Gasteiger charge is 2.03. The summed E-state index contributed by atoms with van der Waals surface area (Å²) in [6.45, 7) is 0. The zero-order valence-corrected chi connectivity index (χ0v) is 10.6.